The highest BCUT2D eigenvalue weighted by Gasteiger charge is 2.31. The van der Waals surface area contributed by atoms with Crippen LogP contribution in [0.3, 0.4) is 0 Å². The molecule has 1 aliphatic heterocycles. The Balaban J connectivity index is 1.48. The van der Waals surface area contributed by atoms with E-state index < -0.39 is 0 Å². The van der Waals surface area contributed by atoms with Crippen molar-refractivity contribution in [1.29, 1.82) is 0 Å². The Labute approximate surface area is 194 Å². The summed E-state index contributed by atoms with van der Waals surface area (Å²) in [6.07, 6.45) is 8.88. The van der Waals surface area contributed by atoms with Crippen LogP contribution in [0.1, 0.15) is 36.8 Å². The lowest BCUT2D eigenvalue weighted by atomic mass is 9.89. The van der Waals surface area contributed by atoms with Gasteiger partial charge in [-0.25, -0.2) is 4.57 Å². The van der Waals surface area contributed by atoms with Gasteiger partial charge in [0.25, 0.3) is 0 Å². The van der Waals surface area contributed by atoms with E-state index in [0.29, 0.717) is 0 Å². The lowest BCUT2D eigenvalue weighted by Gasteiger charge is -2.23. The molecule has 2 nitrogen and oxygen atoms in total. The topological polar surface area (TPSA) is 13.1 Å². The predicted octanol–water partition coefficient (Wildman–Crippen LogP) is 7.78. The van der Waals surface area contributed by atoms with Gasteiger partial charge in [0.15, 0.2) is 6.20 Å². The fourth-order valence-corrected chi connectivity index (χ4v) is 6.30. The minimum atomic E-state index is 0.823. The number of hydrogen-bond acceptors (Lipinski definition) is 1. The normalized spacial score (nSPS) is 15.3. The molecule has 0 atom stereocenters. The second kappa shape index (κ2) is 7.05. The van der Waals surface area contributed by atoms with Gasteiger partial charge in [-0.3, -0.25) is 0 Å². The van der Waals surface area contributed by atoms with Crippen molar-refractivity contribution in [3.63, 3.8) is 0 Å². The van der Waals surface area contributed by atoms with Crippen LogP contribution >= 0.6 is 0 Å². The van der Waals surface area contributed by atoms with Crippen LogP contribution in [0.15, 0.2) is 66.9 Å². The molecule has 7 rings (SSSR count). The van der Waals surface area contributed by atoms with Gasteiger partial charge in [-0.05, 0) is 81.6 Å². The van der Waals surface area contributed by atoms with Gasteiger partial charge in [0.2, 0.25) is 5.69 Å². The Morgan fingerprint density at radius 1 is 0.848 bits per heavy atom. The van der Waals surface area contributed by atoms with Crippen LogP contribution in [0.5, 0.6) is 11.5 Å². The molecule has 33 heavy (non-hydrogen) atoms. The molecule has 1 aromatic heterocycles. The molecule has 0 N–H and O–H groups in total. The Kier molecular flexibility index (Phi) is 4.08. The fourth-order valence-electron chi connectivity index (χ4n) is 6.30. The third-order valence-electron chi connectivity index (χ3n) is 7.95. The van der Waals surface area contributed by atoms with Crippen molar-refractivity contribution < 1.29 is 9.30 Å². The van der Waals surface area contributed by atoms with Gasteiger partial charge < -0.3 is 4.74 Å². The number of aromatic nitrogens is 1. The van der Waals surface area contributed by atoms with E-state index in [1.165, 1.54) is 80.4 Å². The van der Waals surface area contributed by atoms with Gasteiger partial charge in [-0.2, -0.15) is 0 Å². The zero-order valence-electron chi connectivity index (χ0n) is 19.3. The van der Waals surface area contributed by atoms with Gasteiger partial charge in [0, 0.05) is 6.07 Å². The van der Waals surface area contributed by atoms with Gasteiger partial charge >= 0.3 is 0 Å². The van der Waals surface area contributed by atoms with E-state index in [0.717, 1.165) is 23.8 Å². The zero-order valence-corrected chi connectivity index (χ0v) is 19.3. The number of aryl methyl sites for hydroxylation is 2. The van der Waals surface area contributed by atoms with E-state index >= 15 is 0 Å². The molecule has 0 saturated heterocycles. The van der Waals surface area contributed by atoms with Crippen LogP contribution in [-0.2, 0) is 13.5 Å². The standard InChI is InChI=1S/C31H28NO/c1-19-26-17-23-10-6-5-9-22(23)16-25(26)18-28-29(19)31-30-24(11-12-32(31)2)14-21(15-27(30)33-28)13-20-7-3-4-8-20/h5-6,9-12,14-18,20H,3-4,7-8,13H2,1-2H3/q+1. The molecule has 2 heterocycles. The lowest BCUT2D eigenvalue weighted by Crippen LogP contribution is -2.31. The molecular weight excluding hydrogens is 402 g/mol. The third kappa shape index (κ3) is 2.90. The molecule has 0 unspecified atom stereocenters. The van der Waals surface area contributed by atoms with E-state index in [9.17, 15) is 0 Å². The maximum Gasteiger partial charge on any atom is 0.228 e. The number of nitrogens with zero attached hydrogens (tertiary/aromatic N) is 1. The lowest BCUT2D eigenvalue weighted by molar-refractivity contribution is -0.659. The summed E-state index contributed by atoms with van der Waals surface area (Å²) in [7, 11) is 2.16. The predicted molar refractivity (Wildman–Crippen MR) is 136 cm³/mol. The van der Waals surface area contributed by atoms with E-state index in [4.69, 9.17) is 4.74 Å². The molecule has 1 saturated carbocycles. The van der Waals surface area contributed by atoms with Crippen molar-refractivity contribution in [3.8, 4) is 22.8 Å². The van der Waals surface area contributed by atoms with Crippen molar-refractivity contribution in [1.82, 2.24) is 0 Å². The monoisotopic (exact) mass is 430 g/mol. The number of benzene rings is 4. The van der Waals surface area contributed by atoms with Crippen molar-refractivity contribution in [3.05, 3.63) is 78.0 Å². The molecule has 162 valence electrons. The molecule has 5 aromatic rings. The average molecular weight is 431 g/mol. The van der Waals surface area contributed by atoms with Crippen molar-refractivity contribution >= 4 is 32.3 Å². The van der Waals surface area contributed by atoms with Crippen molar-refractivity contribution in [2.24, 2.45) is 13.0 Å². The Morgan fingerprint density at radius 2 is 1.64 bits per heavy atom. The molecule has 2 heteroatoms. The second-order valence-electron chi connectivity index (χ2n) is 10.1. The molecule has 0 spiro atoms. The number of fused-ring (bicyclic) bond motifs is 4. The molecule has 1 aliphatic carbocycles. The minimum Gasteiger partial charge on any atom is -0.456 e. The first-order chi connectivity index (χ1) is 16.2. The molecular formula is C31H28NO+. The first kappa shape index (κ1) is 19.1. The van der Waals surface area contributed by atoms with E-state index in [2.05, 4.69) is 85.4 Å². The summed E-state index contributed by atoms with van der Waals surface area (Å²) in [5.74, 6) is 2.81. The van der Waals surface area contributed by atoms with Crippen LogP contribution in [0.25, 0.3) is 43.6 Å². The quantitative estimate of drug-likeness (QED) is 0.202. The maximum absolute atomic E-state index is 6.70. The summed E-state index contributed by atoms with van der Waals surface area (Å²) in [6.45, 7) is 2.25. The van der Waals surface area contributed by atoms with Gasteiger partial charge in [-0.1, -0.05) is 56.0 Å². The Hall–Kier alpha value is -3.39. The van der Waals surface area contributed by atoms with Crippen molar-refractivity contribution in [2.75, 3.05) is 0 Å². The third-order valence-corrected chi connectivity index (χ3v) is 7.95. The number of pyridine rings is 1. The summed E-state index contributed by atoms with van der Waals surface area (Å²) in [6, 6.07) is 22.5. The largest absolute Gasteiger partial charge is 0.456 e. The Morgan fingerprint density at radius 3 is 2.45 bits per heavy atom. The van der Waals surface area contributed by atoms with E-state index in [1.54, 1.807) is 0 Å². The van der Waals surface area contributed by atoms with E-state index in [-0.39, 0.29) is 0 Å². The van der Waals surface area contributed by atoms with Gasteiger partial charge in [-0.15, -0.1) is 0 Å². The maximum atomic E-state index is 6.70. The van der Waals surface area contributed by atoms with Crippen molar-refractivity contribution in [2.45, 2.75) is 39.0 Å². The summed E-state index contributed by atoms with van der Waals surface area (Å²) in [4.78, 5) is 0. The minimum absolute atomic E-state index is 0.823. The van der Waals surface area contributed by atoms with Crippen LogP contribution < -0.4 is 9.30 Å². The molecule has 0 amide bonds. The molecule has 4 aromatic carbocycles. The fraction of sp³-hybridized carbons (Fsp3) is 0.258. The smallest absolute Gasteiger partial charge is 0.228 e. The summed E-state index contributed by atoms with van der Waals surface area (Å²) < 4.78 is 8.96. The summed E-state index contributed by atoms with van der Waals surface area (Å²) in [5.41, 5.74) is 5.19. The number of hydrogen-bond donors (Lipinski definition) is 0. The van der Waals surface area contributed by atoms with E-state index in [1.807, 2.05) is 0 Å². The van der Waals surface area contributed by atoms with Gasteiger partial charge in [0.1, 0.15) is 18.5 Å². The summed E-state index contributed by atoms with van der Waals surface area (Å²) >= 11 is 0. The SMILES string of the molecule is Cc1c2c(cc3cc4ccccc4cc13)Oc1cc(CC3CCCC3)cc3cc[n+](C)c-2c13. The highest BCUT2D eigenvalue weighted by Crippen LogP contribution is 2.49. The first-order valence-electron chi connectivity index (χ1n) is 12.3. The van der Waals surface area contributed by atoms with Crippen LogP contribution in [0.4, 0.5) is 0 Å². The molecule has 0 bridgehead atoms. The van der Waals surface area contributed by atoms with Crippen LogP contribution in [-0.4, -0.2) is 0 Å². The average Bonchev–Trinajstić information content (AvgIpc) is 3.33. The highest BCUT2D eigenvalue weighted by atomic mass is 16.5. The highest BCUT2D eigenvalue weighted by molar-refractivity contribution is 6.08. The number of ether oxygens (including phenoxy) is 1. The molecule has 1 fully saturated rings. The van der Waals surface area contributed by atoms with Gasteiger partial charge in [0.05, 0.1) is 10.9 Å². The zero-order chi connectivity index (χ0) is 22.1. The Bertz CT molecular complexity index is 1590. The second-order valence-corrected chi connectivity index (χ2v) is 10.1. The molecule has 0 radical (unpaired) electrons. The first-order valence-corrected chi connectivity index (χ1v) is 12.3. The van der Waals surface area contributed by atoms with Crippen LogP contribution in [0.2, 0.25) is 0 Å². The number of rotatable bonds is 2. The van der Waals surface area contributed by atoms with Crippen LogP contribution in [0, 0.1) is 12.8 Å². The summed E-state index contributed by atoms with van der Waals surface area (Å²) in [5, 5.41) is 7.62. The molecule has 2 aliphatic rings.